The van der Waals surface area contributed by atoms with Crippen molar-refractivity contribution in [3.8, 4) is 0 Å². The Bertz CT molecular complexity index is 187. The Balaban J connectivity index is 1.76. The van der Waals surface area contributed by atoms with E-state index in [0.29, 0.717) is 12.7 Å². The Morgan fingerprint density at radius 3 is 2.50 bits per heavy atom. The number of hydrogen-bond donors (Lipinski definition) is 0. The van der Waals surface area contributed by atoms with Crippen LogP contribution in [0.1, 0.15) is 25.7 Å². The quantitative estimate of drug-likeness (QED) is 0.648. The molecule has 1 saturated heterocycles. The molecule has 0 aromatic carbocycles. The Kier molecular flexibility index (Phi) is 3.21. The molecule has 2 fully saturated rings. The molecule has 1 saturated carbocycles. The van der Waals surface area contributed by atoms with Gasteiger partial charge in [-0.05, 0) is 12.8 Å². The number of rotatable bonds is 3. The van der Waals surface area contributed by atoms with Crippen molar-refractivity contribution in [1.29, 1.82) is 0 Å². The van der Waals surface area contributed by atoms with E-state index in [1.54, 1.807) is 6.08 Å². The van der Waals surface area contributed by atoms with Crippen molar-refractivity contribution in [3.05, 3.63) is 12.7 Å². The lowest BCUT2D eigenvalue weighted by atomic mass is 9.92. The molecule has 0 atom stereocenters. The molecule has 0 radical (unpaired) electrons. The van der Waals surface area contributed by atoms with Crippen molar-refractivity contribution >= 4 is 0 Å². The van der Waals surface area contributed by atoms with Crippen molar-refractivity contribution in [2.75, 3.05) is 19.8 Å². The Morgan fingerprint density at radius 2 is 1.93 bits per heavy atom. The fourth-order valence-electron chi connectivity index (χ4n) is 2.19. The fraction of sp³-hybridized carbons (Fsp3) is 0.818. The van der Waals surface area contributed by atoms with E-state index in [-0.39, 0.29) is 5.79 Å². The average molecular weight is 198 g/mol. The van der Waals surface area contributed by atoms with Crippen LogP contribution in [-0.2, 0) is 14.2 Å². The van der Waals surface area contributed by atoms with Gasteiger partial charge in [0.05, 0.1) is 25.9 Å². The molecular weight excluding hydrogens is 180 g/mol. The van der Waals surface area contributed by atoms with E-state index >= 15 is 0 Å². The smallest absolute Gasteiger partial charge is 0.168 e. The summed E-state index contributed by atoms with van der Waals surface area (Å²) in [5.74, 6) is -0.256. The molecule has 0 aromatic heterocycles. The minimum Gasteiger partial charge on any atom is -0.374 e. The summed E-state index contributed by atoms with van der Waals surface area (Å²) in [5, 5.41) is 0. The van der Waals surface area contributed by atoms with Crippen molar-refractivity contribution in [3.63, 3.8) is 0 Å². The first kappa shape index (κ1) is 10.1. The van der Waals surface area contributed by atoms with Crippen LogP contribution in [0.5, 0.6) is 0 Å². The lowest BCUT2D eigenvalue weighted by molar-refractivity contribution is -0.190. The normalized spacial score (nSPS) is 26.9. The van der Waals surface area contributed by atoms with Crippen LogP contribution in [0.3, 0.4) is 0 Å². The largest absolute Gasteiger partial charge is 0.374 e. The summed E-state index contributed by atoms with van der Waals surface area (Å²) in [6.45, 7) is 5.79. The predicted octanol–water partition coefficient (Wildman–Crippen LogP) is 1.87. The molecule has 1 aliphatic carbocycles. The van der Waals surface area contributed by atoms with Crippen LogP contribution in [0.4, 0.5) is 0 Å². The second kappa shape index (κ2) is 4.43. The highest BCUT2D eigenvalue weighted by molar-refractivity contribution is 4.83. The first-order chi connectivity index (χ1) is 6.85. The van der Waals surface area contributed by atoms with Gasteiger partial charge in [-0.25, -0.2) is 0 Å². The van der Waals surface area contributed by atoms with Crippen LogP contribution in [0.25, 0.3) is 0 Å². The van der Waals surface area contributed by atoms with E-state index in [0.717, 1.165) is 38.9 Å². The molecule has 0 amide bonds. The zero-order valence-corrected chi connectivity index (χ0v) is 8.54. The SMILES string of the molecule is C=CCOC1CCC2(CC1)OCCO2. The predicted molar refractivity (Wildman–Crippen MR) is 53.0 cm³/mol. The van der Waals surface area contributed by atoms with Gasteiger partial charge in [0.2, 0.25) is 0 Å². The van der Waals surface area contributed by atoms with E-state index in [1.165, 1.54) is 0 Å². The van der Waals surface area contributed by atoms with E-state index in [1.807, 2.05) is 0 Å². The molecule has 0 N–H and O–H groups in total. The standard InChI is InChI=1S/C11H18O3/c1-2-7-12-10-3-5-11(6-4-10)13-8-9-14-11/h2,10H,1,3-9H2. The third kappa shape index (κ3) is 2.16. The maximum absolute atomic E-state index is 5.64. The number of ether oxygens (including phenoxy) is 3. The van der Waals surface area contributed by atoms with Crippen LogP contribution in [0.2, 0.25) is 0 Å². The molecule has 14 heavy (non-hydrogen) atoms. The van der Waals surface area contributed by atoms with Gasteiger partial charge in [-0.15, -0.1) is 6.58 Å². The minimum atomic E-state index is -0.256. The van der Waals surface area contributed by atoms with Gasteiger partial charge in [0, 0.05) is 12.8 Å². The summed E-state index contributed by atoms with van der Waals surface area (Å²) < 4.78 is 16.9. The second-order valence-corrected chi connectivity index (χ2v) is 3.93. The van der Waals surface area contributed by atoms with E-state index in [4.69, 9.17) is 14.2 Å². The molecule has 3 nitrogen and oxygen atoms in total. The lowest BCUT2D eigenvalue weighted by Crippen LogP contribution is -2.37. The summed E-state index contributed by atoms with van der Waals surface area (Å²) in [6, 6.07) is 0. The van der Waals surface area contributed by atoms with Crippen molar-refractivity contribution in [2.45, 2.75) is 37.6 Å². The van der Waals surface area contributed by atoms with E-state index in [9.17, 15) is 0 Å². The zero-order chi connectivity index (χ0) is 9.86. The topological polar surface area (TPSA) is 27.7 Å². The van der Waals surface area contributed by atoms with Gasteiger partial charge in [0.25, 0.3) is 0 Å². The van der Waals surface area contributed by atoms with Crippen molar-refractivity contribution in [2.24, 2.45) is 0 Å². The molecule has 80 valence electrons. The second-order valence-electron chi connectivity index (χ2n) is 3.93. The van der Waals surface area contributed by atoms with Gasteiger partial charge in [-0.3, -0.25) is 0 Å². The average Bonchev–Trinajstić information content (AvgIpc) is 2.66. The van der Waals surface area contributed by atoms with Gasteiger partial charge in [-0.2, -0.15) is 0 Å². The Hall–Kier alpha value is -0.380. The molecule has 2 aliphatic rings. The van der Waals surface area contributed by atoms with Crippen LogP contribution in [0, 0.1) is 0 Å². The first-order valence-electron chi connectivity index (χ1n) is 5.35. The first-order valence-corrected chi connectivity index (χ1v) is 5.35. The summed E-state index contributed by atoms with van der Waals surface area (Å²) in [5.41, 5.74) is 0. The summed E-state index contributed by atoms with van der Waals surface area (Å²) in [7, 11) is 0. The highest BCUT2D eigenvalue weighted by Crippen LogP contribution is 2.36. The minimum absolute atomic E-state index is 0.256. The monoisotopic (exact) mass is 198 g/mol. The maximum Gasteiger partial charge on any atom is 0.168 e. The van der Waals surface area contributed by atoms with Crippen molar-refractivity contribution in [1.82, 2.24) is 0 Å². The molecule has 2 rings (SSSR count). The highest BCUT2D eigenvalue weighted by atomic mass is 16.7. The van der Waals surface area contributed by atoms with E-state index in [2.05, 4.69) is 6.58 Å². The summed E-state index contributed by atoms with van der Waals surface area (Å²) in [4.78, 5) is 0. The van der Waals surface area contributed by atoms with Crippen LogP contribution >= 0.6 is 0 Å². The summed E-state index contributed by atoms with van der Waals surface area (Å²) in [6.07, 6.45) is 6.17. The van der Waals surface area contributed by atoms with E-state index < -0.39 is 0 Å². The van der Waals surface area contributed by atoms with Gasteiger partial charge >= 0.3 is 0 Å². The maximum atomic E-state index is 5.64. The molecule has 1 heterocycles. The van der Waals surface area contributed by atoms with Gasteiger partial charge < -0.3 is 14.2 Å². The van der Waals surface area contributed by atoms with Crippen molar-refractivity contribution < 1.29 is 14.2 Å². The zero-order valence-electron chi connectivity index (χ0n) is 8.54. The lowest BCUT2D eigenvalue weighted by Gasteiger charge is -2.35. The molecule has 0 aromatic rings. The Labute approximate surface area is 85.0 Å². The molecule has 0 bridgehead atoms. The number of hydrogen-bond acceptors (Lipinski definition) is 3. The fourth-order valence-corrected chi connectivity index (χ4v) is 2.19. The Morgan fingerprint density at radius 1 is 1.29 bits per heavy atom. The molecule has 1 aliphatic heterocycles. The third-order valence-corrected chi connectivity index (χ3v) is 2.96. The summed E-state index contributed by atoms with van der Waals surface area (Å²) >= 11 is 0. The van der Waals surface area contributed by atoms with Crippen LogP contribution in [0.15, 0.2) is 12.7 Å². The molecule has 3 heteroatoms. The van der Waals surface area contributed by atoms with Crippen LogP contribution in [-0.4, -0.2) is 31.7 Å². The highest BCUT2D eigenvalue weighted by Gasteiger charge is 2.40. The molecule has 1 spiro atoms. The van der Waals surface area contributed by atoms with Gasteiger partial charge in [0.15, 0.2) is 5.79 Å². The molecule has 0 unspecified atom stereocenters. The van der Waals surface area contributed by atoms with Crippen LogP contribution < -0.4 is 0 Å². The van der Waals surface area contributed by atoms with Gasteiger partial charge in [0.1, 0.15) is 0 Å². The molecular formula is C11H18O3. The third-order valence-electron chi connectivity index (χ3n) is 2.96. The van der Waals surface area contributed by atoms with Gasteiger partial charge in [-0.1, -0.05) is 6.08 Å².